The summed E-state index contributed by atoms with van der Waals surface area (Å²) in [6.07, 6.45) is 3.09. The van der Waals surface area contributed by atoms with Gasteiger partial charge in [0.15, 0.2) is 0 Å². The van der Waals surface area contributed by atoms with Crippen molar-refractivity contribution < 1.29 is 14.3 Å². The predicted molar refractivity (Wildman–Crippen MR) is 109 cm³/mol. The maximum absolute atomic E-state index is 12.5. The first-order chi connectivity index (χ1) is 13.5. The molecule has 2 N–H and O–H groups in total. The predicted octanol–water partition coefficient (Wildman–Crippen LogP) is 4.21. The number of aryl methyl sites for hydroxylation is 2. The second-order valence-electron chi connectivity index (χ2n) is 6.44. The van der Waals surface area contributed by atoms with Crippen molar-refractivity contribution in [2.24, 2.45) is 0 Å². The first-order valence-corrected chi connectivity index (χ1v) is 8.75. The molecule has 6 nitrogen and oxygen atoms in total. The molecule has 1 aromatic heterocycles. The van der Waals surface area contributed by atoms with Gasteiger partial charge < -0.3 is 15.4 Å². The summed E-state index contributed by atoms with van der Waals surface area (Å²) in [6, 6.07) is 14.1. The van der Waals surface area contributed by atoms with Crippen molar-refractivity contribution in [2.45, 2.75) is 13.8 Å². The molecule has 3 rings (SSSR count). The van der Waals surface area contributed by atoms with E-state index in [4.69, 9.17) is 4.74 Å². The zero-order valence-corrected chi connectivity index (χ0v) is 15.9. The van der Waals surface area contributed by atoms with Gasteiger partial charge in [0.1, 0.15) is 5.75 Å². The summed E-state index contributed by atoms with van der Waals surface area (Å²) in [4.78, 5) is 28.8. The molecule has 0 spiro atoms. The van der Waals surface area contributed by atoms with Gasteiger partial charge >= 0.3 is 0 Å². The number of nitrogens with zero attached hydrogens (tertiary/aromatic N) is 1. The zero-order valence-electron chi connectivity index (χ0n) is 15.9. The molecule has 0 radical (unpaired) electrons. The molecular formula is C22H21N3O3. The number of aromatic nitrogens is 1. The lowest BCUT2D eigenvalue weighted by Crippen LogP contribution is -2.14. The number of hydrogen-bond donors (Lipinski definition) is 2. The minimum atomic E-state index is -0.293. The van der Waals surface area contributed by atoms with E-state index in [2.05, 4.69) is 15.6 Å². The molecule has 2 aromatic carbocycles. The van der Waals surface area contributed by atoms with Crippen molar-refractivity contribution in [1.82, 2.24) is 4.98 Å². The Morgan fingerprint density at radius 3 is 2.25 bits per heavy atom. The monoisotopic (exact) mass is 375 g/mol. The number of carbonyl (C=O) groups is 2. The summed E-state index contributed by atoms with van der Waals surface area (Å²) in [5.74, 6) is -0.0603. The van der Waals surface area contributed by atoms with Crippen LogP contribution in [0.25, 0.3) is 0 Å². The number of pyridine rings is 1. The Morgan fingerprint density at radius 2 is 1.61 bits per heavy atom. The normalized spacial score (nSPS) is 10.2. The Balaban J connectivity index is 1.77. The molecule has 142 valence electrons. The lowest BCUT2D eigenvalue weighted by Gasteiger charge is -2.13. The molecule has 3 aromatic rings. The first kappa shape index (κ1) is 19.1. The van der Waals surface area contributed by atoms with Crippen LogP contribution in [-0.2, 0) is 0 Å². The molecule has 0 atom stereocenters. The smallest absolute Gasteiger partial charge is 0.257 e. The zero-order chi connectivity index (χ0) is 20.1. The largest absolute Gasteiger partial charge is 0.494 e. The molecule has 0 saturated carbocycles. The molecule has 0 bridgehead atoms. The maximum Gasteiger partial charge on any atom is 0.257 e. The van der Waals surface area contributed by atoms with Gasteiger partial charge in [-0.1, -0.05) is 17.2 Å². The summed E-state index contributed by atoms with van der Waals surface area (Å²) < 4.78 is 5.37. The van der Waals surface area contributed by atoms with Gasteiger partial charge in [-0.2, -0.15) is 0 Å². The van der Waals surface area contributed by atoms with E-state index in [0.717, 1.165) is 11.1 Å². The van der Waals surface area contributed by atoms with E-state index in [1.165, 1.54) is 13.3 Å². The Kier molecular flexibility index (Phi) is 5.69. The molecule has 0 unspecified atom stereocenters. The Hall–Kier alpha value is -3.67. The minimum absolute atomic E-state index is 0.207. The quantitative estimate of drug-likeness (QED) is 0.700. The van der Waals surface area contributed by atoms with Crippen LogP contribution in [-0.4, -0.2) is 23.9 Å². The number of hydrogen-bond acceptors (Lipinski definition) is 4. The second kappa shape index (κ2) is 8.35. The van der Waals surface area contributed by atoms with E-state index >= 15 is 0 Å². The minimum Gasteiger partial charge on any atom is -0.494 e. The summed E-state index contributed by atoms with van der Waals surface area (Å²) in [5, 5.41) is 5.65. The van der Waals surface area contributed by atoms with E-state index in [1.807, 2.05) is 32.0 Å². The molecule has 0 saturated heterocycles. The lowest BCUT2D eigenvalue weighted by molar-refractivity contribution is 0.101. The molecule has 1 heterocycles. The van der Waals surface area contributed by atoms with Crippen LogP contribution in [0.4, 0.5) is 11.4 Å². The van der Waals surface area contributed by atoms with Crippen LogP contribution >= 0.6 is 0 Å². The van der Waals surface area contributed by atoms with Gasteiger partial charge in [-0.05, 0) is 50.2 Å². The van der Waals surface area contributed by atoms with E-state index < -0.39 is 0 Å². The van der Waals surface area contributed by atoms with Gasteiger partial charge in [-0.25, -0.2) is 0 Å². The number of methoxy groups -OCH3 is 1. The van der Waals surface area contributed by atoms with E-state index in [-0.39, 0.29) is 11.8 Å². The third-order valence-corrected chi connectivity index (χ3v) is 4.12. The SMILES string of the molecule is COc1cc(NC(=O)c2cc(C)cc(C)c2)ccc1NC(=O)c1cccnc1. The fourth-order valence-electron chi connectivity index (χ4n) is 2.87. The standard InChI is InChI=1S/C22H21N3O3/c1-14-9-15(2)11-17(10-14)22(27)24-18-6-7-19(20(12-18)28-3)25-21(26)16-5-4-8-23-13-16/h4-13H,1-3H3,(H,24,27)(H,25,26). The third-order valence-electron chi connectivity index (χ3n) is 4.12. The Labute approximate surface area is 163 Å². The average molecular weight is 375 g/mol. The van der Waals surface area contributed by atoms with Crippen molar-refractivity contribution in [1.29, 1.82) is 0 Å². The van der Waals surface area contributed by atoms with Crippen LogP contribution in [0.1, 0.15) is 31.8 Å². The molecule has 2 amide bonds. The maximum atomic E-state index is 12.5. The fraction of sp³-hybridized carbons (Fsp3) is 0.136. The molecular weight excluding hydrogens is 354 g/mol. The van der Waals surface area contributed by atoms with Crippen molar-refractivity contribution in [3.05, 3.63) is 83.2 Å². The van der Waals surface area contributed by atoms with Gasteiger partial charge in [0.2, 0.25) is 0 Å². The van der Waals surface area contributed by atoms with Crippen LogP contribution in [0, 0.1) is 13.8 Å². The van der Waals surface area contributed by atoms with Gasteiger partial charge in [-0.3, -0.25) is 14.6 Å². The molecule has 0 aliphatic carbocycles. The van der Waals surface area contributed by atoms with E-state index in [9.17, 15) is 9.59 Å². The average Bonchev–Trinajstić information content (AvgIpc) is 2.69. The van der Waals surface area contributed by atoms with Crippen LogP contribution in [0.15, 0.2) is 60.9 Å². The molecule has 28 heavy (non-hydrogen) atoms. The summed E-state index contributed by atoms with van der Waals surface area (Å²) in [5.41, 5.74) is 4.15. The summed E-state index contributed by atoms with van der Waals surface area (Å²) in [6.45, 7) is 3.90. The van der Waals surface area contributed by atoms with Gasteiger partial charge in [0.25, 0.3) is 11.8 Å². The number of amides is 2. The number of nitrogens with one attached hydrogen (secondary N) is 2. The first-order valence-electron chi connectivity index (χ1n) is 8.75. The molecule has 0 fully saturated rings. The second-order valence-corrected chi connectivity index (χ2v) is 6.44. The van der Waals surface area contributed by atoms with Gasteiger partial charge in [-0.15, -0.1) is 0 Å². The fourth-order valence-corrected chi connectivity index (χ4v) is 2.87. The summed E-state index contributed by atoms with van der Waals surface area (Å²) >= 11 is 0. The number of carbonyl (C=O) groups excluding carboxylic acids is 2. The molecule has 6 heteroatoms. The highest BCUT2D eigenvalue weighted by atomic mass is 16.5. The number of rotatable bonds is 5. The van der Waals surface area contributed by atoms with Crippen LogP contribution in [0.2, 0.25) is 0 Å². The molecule has 0 aliphatic rings. The van der Waals surface area contributed by atoms with Crippen LogP contribution < -0.4 is 15.4 Å². The van der Waals surface area contributed by atoms with Crippen LogP contribution in [0.5, 0.6) is 5.75 Å². The number of benzene rings is 2. The van der Waals surface area contributed by atoms with Gasteiger partial charge in [0, 0.05) is 29.7 Å². The van der Waals surface area contributed by atoms with E-state index in [1.54, 1.807) is 36.5 Å². The van der Waals surface area contributed by atoms with Gasteiger partial charge in [0.05, 0.1) is 18.4 Å². The van der Waals surface area contributed by atoms with Crippen LogP contribution in [0.3, 0.4) is 0 Å². The Bertz CT molecular complexity index is 997. The Morgan fingerprint density at radius 1 is 0.893 bits per heavy atom. The lowest BCUT2D eigenvalue weighted by atomic mass is 10.1. The highest BCUT2D eigenvalue weighted by Gasteiger charge is 2.12. The van der Waals surface area contributed by atoms with E-state index in [0.29, 0.717) is 28.3 Å². The summed E-state index contributed by atoms with van der Waals surface area (Å²) in [7, 11) is 1.50. The van der Waals surface area contributed by atoms with Crippen molar-refractivity contribution in [3.8, 4) is 5.75 Å². The van der Waals surface area contributed by atoms with Crippen molar-refractivity contribution in [2.75, 3.05) is 17.7 Å². The van der Waals surface area contributed by atoms with Crippen molar-refractivity contribution >= 4 is 23.2 Å². The number of ether oxygens (including phenoxy) is 1. The molecule has 0 aliphatic heterocycles. The topological polar surface area (TPSA) is 80.3 Å². The highest BCUT2D eigenvalue weighted by Crippen LogP contribution is 2.28. The number of anilines is 2. The highest BCUT2D eigenvalue weighted by molar-refractivity contribution is 6.06. The third kappa shape index (κ3) is 4.54. The van der Waals surface area contributed by atoms with Crippen molar-refractivity contribution in [3.63, 3.8) is 0 Å².